The van der Waals surface area contributed by atoms with Crippen LogP contribution in [0.2, 0.25) is 0 Å². The van der Waals surface area contributed by atoms with Crippen molar-refractivity contribution in [2.75, 3.05) is 39.6 Å². The van der Waals surface area contributed by atoms with Crippen LogP contribution in [-0.4, -0.2) is 96.7 Å². The van der Waals surface area contributed by atoms with Gasteiger partial charge in [0.15, 0.2) is 12.2 Å². The van der Waals surface area contributed by atoms with Crippen molar-refractivity contribution in [3.05, 3.63) is 0 Å². The van der Waals surface area contributed by atoms with Crippen molar-refractivity contribution in [2.45, 2.75) is 419 Å². The molecule has 3 N–H and O–H groups in total. The second-order valence-corrected chi connectivity index (χ2v) is 31.4. The molecule has 0 fully saturated rings. The van der Waals surface area contributed by atoms with Crippen LogP contribution in [0.25, 0.3) is 0 Å². The Bertz CT molecular complexity index is 1860. The van der Waals surface area contributed by atoms with E-state index in [0.717, 1.165) is 102 Å². The van der Waals surface area contributed by atoms with E-state index in [4.69, 9.17) is 37.0 Å². The predicted octanol–water partition coefficient (Wildman–Crippen LogP) is 22.7. The van der Waals surface area contributed by atoms with Crippen molar-refractivity contribution in [2.24, 2.45) is 11.8 Å². The van der Waals surface area contributed by atoms with Crippen molar-refractivity contribution in [1.82, 2.24) is 0 Å². The number of carbonyl (C=O) groups excluding carboxylic acids is 4. The van der Waals surface area contributed by atoms with Crippen molar-refractivity contribution < 1.29 is 80.2 Å². The van der Waals surface area contributed by atoms with Crippen LogP contribution >= 0.6 is 15.6 Å². The lowest BCUT2D eigenvalue weighted by Gasteiger charge is -2.21. The van der Waals surface area contributed by atoms with E-state index < -0.39 is 97.5 Å². The van der Waals surface area contributed by atoms with Crippen LogP contribution < -0.4 is 0 Å². The highest BCUT2D eigenvalue weighted by atomic mass is 31.2. The fourth-order valence-electron chi connectivity index (χ4n) is 11.8. The third kappa shape index (κ3) is 69.2. The van der Waals surface area contributed by atoms with Crippen molar-refractivity contribution in [1.29, 1.82) is 0 Å². The number of hydrogen-bond donors (Lipinski definition) is 3. The summed E-state index contributed by atoms with van der Waals surface area (Å²) in [5, 5.41) is 10.6. The first-order valence-electron chi connectivity index (χ1n) is 40.0. The van der Waals surface area contributed by atoms with Gasteiger partial charge < -0.3 is 33.8 Å². The first kappa shape index (κ1) is 94.1. The van der Waals surface area contributed by atoms with Gasteiger partial charge >= 0.3 is 39.5 Å². The van der Waals surface area contributed by atoms with E-state index in [2.05, 4.69) is 41.5 Å². The van der Waals surface area contributed by atoms with Gasteiger partial charge in [0.25, 0.3) is 0 Å². The number of rotatable bonds is 76. The first-order chi connectivity index (χ1) is 46.4. The third-order valence-corrected chi connectivity index (χ3v) is 20.2. The van der Waals surface area contributed by atoms with Gasteiger partial charge in [0.2, 0.25) is 0 Å². The van der Waals surface area contributed by atoms with Crippen molar-refractivity contribution in [3.63, 3.8) is 0 Å². The molecule has 0 heterocycles. The smallest absolute Gasteiger partial charge is 0.462 e. The number of carbonyl (C=O) groups is 4. The van der Waals surface area contributed by atoms with Crippen LogP contribution in [0, 0.1) is 11.8 Å². The maximum absolute atomic E-state index is 13.1. The average molecular weight is 1410 g/mol. The summed E-state index contributed by atoms with van der Waals surface area (Å²) in [4.78, 5) is 72.8. The standard InChI is InChI=1S/C77H150O17P2/c1-7-10-12-14-16-18-19-20-26-29-37-43-49-55-61-76(81)93-72(65-87-74(79)59-53-47-41-33-17-15-13-11-8-2)67-91-95(83,84)89-63-71(78)64-90-96(85,86)92-68-73(66-88-75(80)60-54-48-42-36-32-31-35-40-46-52-58-70(6)9-3)94-77(82)62-56-50-44-38-30-27-24-22-21-23-25-28-34-39-45-51-57-69(4)5/h69-73,78H,7-68H2,1-6H3,(H,83,84)(H,85,86)/t70?,71-,72+,73+/m0/s1. The van der Waals surface area contributed by atoms with Gasteiger partial charge in [-0.15, -0.1) is 0 Å². The lowest BCUT2D eigenvalue weighted by Crippen LogP contribution is -2.30. The Labute approximate surface area is 588 Å². The summed E-state index contributed by atoms with van der Waals surface area (Å²) in [6.07, 6.45) is 56.7. The van der Waals surface area contributed by atoms with Gasteiger partial charge in [-0.2, -0.15) is 0 Å². The maximum atomic E-state index is 13.1. The van der Waals surface area contributed by atoms with Gasteiger partial charge in [-0.05, 0) is 37.5 Å². The quantitative estimate of drug-likeness (QED) is 0.0222. The zero-order valence-electron chi connectivity index (χ0n) is 62.7. The summed E-state index contributed by atoms with van der Waals surface area (Å²) >= 11 is 0. The number of esters is 4. The Morgan fingerprint density at radius 2 is 0.531 bits per heavy atom. The summed E-state index contributed by atoms with van der Waals surface area (Å²) in [5.74, 6) is -0.495. The number of phosphoric ester groups is 2. The van der Waals surface area contributed by atoms with Crippen LogP contribution in [0.1, 0.15) is 401 Å². The fourth-order valence-corrected chi connectivity index (χ4v) is 13.4. The SMILES string of the molecule is CCCCCCCCCCCCCCCCC(=O)O[C@H](COC(=O)CCCCCCCCCCC)COP(=O)(O)OC[C@H](O)COP(=O)(O)OC[C@@H](COC(=O)CCCCCCCCCCCCC(C)CC)OC(=O)CCCCCCCCCCCCCCCCCCC(C)C. The van der Waals surface area contributed by atoms with Crippen LogP contribution in [-0.2, 0) is 65.4 Å². The fraction of sp³-hybridized carbons (Fsp3) is 0.948. The second kappa shape index (κ2) is 68.8. The highest BCUT2D eigenvalue weighted by Gasteiger charge is 2.30. The number of aliphatic hydroxyl groups is 1. The highest BCUT2D eigenvalue weighted by molar-refractivity contribution is 7.47. The molecule has 3 unspecified atom stereocenters. The molecular weight excluding hydrogens is 1260 g/mol. The second-order valence-electron chi connectivity index (χ2n) is 28.5. The zero-order valence-corrected chi connectivity index (χ0v) is 64.5. The van der Waals surface area contributed by atoms with E-state index in [1.807, 2.05) is 0 Å². The Hall–Kier alpha value is -1.94. The molecule has 6 atom stereocenters. The minimum atomic E-state index is -4.96. The van der Waals surface area contributed by atoms with Crippen LogP contribution in [0.3, 0.4) is 0 Å². The molecule has 0 aliphatic rings. The summed E-state index contributed by atoms with van der Waals surface area (Å²) in [7, 11) is -9.91. The Balaban J connectivity index is 5.23. The summed E-state index contributed by atoms with van der Waals surface area (Å²) in [5.41, 5.74) is 0. The molecule has 19 heteroatoms. The van der Waals surface area contributed by atoms with E-state index in [-0.39, 0.29) is 25.7 Å². The molecule has 0 aliphatic heterocycles. The minimum absolute atomic E-state index is 0.108. The maximum Gasteiger partial charge on any atom is 0.472 e. The van der Waals surface area contributed by atoms with Crippen molar-refractivity contribution in [3.8, 4) is 0 Å². The lowest BCUT2D eigenvalue weighted by molar-refractivity contribution is -0.161. The third-order valence-electron chi connectivity index (χ3n) is 18.3. The van der Waals surface area contributed by atoms with E-state index in [0.29, 0.717) is 25.7 Å². The van der Waals surface area contributed by atoms with Gasteiger partial charge in [0.05, 0.1) is 26.4 Å². The lowest BCUT2D eigenvalue weighted by atomic mass is 9.99. The van der Waals surface area contributed by atoms with E-state index in [9.17, 15) is 43.2 Å². The van der Waals surface area contributed by atoms with E-state index in [1.54, 1.807) is 0 Å². The normalized spacial score (nSPS) is 14.3. The molecular formula is C77H150O17P2. The zero-order chi connectivity index (χ0) is 70.7. The molecule has 0 aromatic carbocycles. The predicted molar refractivity (Wildman–Crippen MR) is 391 cm³/mol. The topological polar surface area (TPSA) is 237 Å². The number of aliphatic hydroxyl groups excluding tert-OH is 1. The minimum Gasteiger partial charge on any atom is -0.462 e. The number of hydrogen-bond acceptors (Lipinski definition) is 15. The van der Waals surface area contributed by atoms with E-state index >= 15 is 0 Å². The van der Waals surface area contributed by atoms with Crippen LogP contribution in [0.4, 0.5) is 0 Å². The molecule has 570 valence electrons. The summed E-state index contributed by atoms with van der Waals surface area (Å²) in [6, 6.07) is 0. The highest BCUT2D eigenvalue weighted by Crippen LogP contribution is 2.45. The number of unbranched alkanes of at least 4 members (excludes halogenated alkanes) is 45. The average Bonchev–Trinajstić information content (AvgIpc) is 1.14. The molecule has 0 spiro atoms. The Morgan fingerprint density at radius 1 is 0.302 bits per heavy atom. The molecule has 0 rings (SSSR count). The van der Waals surface area contributed by atoms with Gasteiger partial charge in [0, 0.05) is 25.7 Å². The number of phosphoric acid groups is 2. The molecule has 17 nitrogen and oxygen atoms in total. The Kier molecular flexibility index (Phi) is 67.4. The molecule has 0 radical (unpaired) electrons. The molecule has 0 bridgehead atoms. The van der Waals surface area contributed by atoms with Gasteiger partial charge in [-0.1, -0.05) is 350 Å². The van der Waals surface area contributed by atoms with Gasteiger partial charge in [0.1, 0.15) is 19.3 Å². The Morgan fingerprint density at radius 3 is 0.792 bits per heavy atom. The number of ether oxygens (including phenoxy) is 4. The first-order valence-corrected chi connectivity index (χ1v) is 43.0. The molecule has 0 aromatic heterocycles. The van der Waals surface area contributed by atoms with Gasteiger partial charge in [-0.3, -0.25) is 37.3 Å². The largest absolute Gasteiger partial charge is 0.472 e. The molecule has 0 aliphatic carbocycles. The van der Waals surface area contributed by atoms with Gasteiger partial charge in [-0.25, -0.2) is 9.13 Å². The molecule has 0 saturated carbocycles. The molecule has 0 aromatic rings. The van der Waals surface area contributed by atoms with E-state index in [1.165, 1.54) is 218 Å². The van der Waals surface area contributed by atoms with Crippen LogP contribution in [0.5, 0.6) is 0 Å². The molecule has 0 saturated heterocycles. The van der Waals surface area contributed by atoms with Crippen LogP contribution in [0.15, 0.2) is 0 Å². The summed E-state index contributed by atoms with van der Waals surface area (Å²) in [6.45, 7) is 9.65. The monoisotopic (exact) mass is 1410 g/mol. The molecule has 96 heavy (non-hydrogen) atoms. The van der Waals surface area contributed by atoms with Crippen molar-refractivity contribution >= 4 is 39.5 Å². The summed E-state index contributed by atoms with van der Waals surface area (Å²) < 4.78 is 68.5. The molecule has 0 amide bonds.